The highest BCUT2D eigenvalue weighted by Gasteiger charge is 2.34. The first kappa shape index (κ1) is 13.4. The first-order chi connectivity index (χ1) is 6.46. The lowest BCUT2D eigenvalue weighted by molar-refractivity contribution is -0.144. The lowest BCUT2D eigenvalue weighted by atomic mass is 9.84. The zero-order valence-corrected chi connectivity index (χ0v) is 8.92. The molecule has 0 unspecified atom stereocenters. The number of alkyl halides is 1. The van der Waals surface area contributed by atoms with Crippen LogP contribution in [0.4, 0.5) is 4.39 Å². The van der Waals surface area contributed by atoms with Crippen molar-refractivity contribution in [1.82, 2.24) is 0 Å². The summed E-state index contributed by atoms with van der Waals surface area (Å²) in [7, 11) is 0. The molecule has 0 saturated heterocycles. The summed E-state index contributed by atoms with van der Waals surface area (Å²) >= 11 is 0. The number of carboxylic acid groups (broad SMARTS) is 1. The molecule has 0 fully saturated rings. The lowest BCUT2D eigenvalue weighted by Gasteiger charge is -2.27. The number of rotatable bonds is 7. The topological polar surface area (TPSA) is 63.3 Å². The quantitative estimate of drug-likeness (QED) is 0.667. The fourth-order valence-corrected chi connectivity index (χ4v) is 1.44. The van der Waals surface area contributed by atoms with Crippen molar-refractivity contribution in [3.8, 4) is 0 Å². The smallest absolute Gasteiger partial charge is 0.323 e. The third-order valence-electron chi connectivity index (χ3n) is 2.59. The van der Waals surface area contributed by atoms with Crippen molar-refractivity contribution in [2.75, 3.05) is 6.67 Å². The molecule has 2 atom stereocenters. The molecule has 0 aromatic carbocycles. The maximum atomic E-state index is 12.0. The van der Waals surface area contributed by atoms with Gasteiger partial charge in [0.15, 0.2) is 0 Å². The van der Waals surface area contributed by atoms with Crippen molar-refractivity contribution in [3.05, 3.63) is 0 Å². The van der Waals surface area contributed by atoms with Gasteiger partial charge in [0.05, 0.1) is 6.67 Å². The number of aliphatic carboxylic acids is 1. The zero-order chi connectivity index (χ0) is 11.2. The highest BCUT2D eigenvalue weighted by atomic mass is 19.1. The first-order valence-electron chi connectivity index (χ1n) is 5.04. The Morgan fingerprint density at radius 1 is 1.64 bits per heavy atom. The molecule has 0 spiro atoms. The summed E-state index contributed by atoms with van der Waals surface area (Å²) < 4.78 is 12.0. The van der Waals surface area contributed by atoms with Gasteiger partial charge in [0.1, 0.15) is 5.54 Å². The lowest BCUT2D eigenvalue weighted by Crippen LogP contribution is -2.49. The second-order valence-electron chi connectivity index (χ2n) is 3.97. The van der Waals surface area contributed by atoms with Gasteiger partial charge in [-0.2, -0.15) is 0 Å². The molecule has 0 aromatic heterocycles. The van der Waals surface area contributed by atoms with E-state index in [1.54, 1.807) is 0 Å². The molecule has 14 heavy (non-hydrogen) atoms. The van der Waals surface area contributed by atoms with E-state index in [9.17, 15) is 9.18 Å². The Labute approximate surface area is 84.5 Å². The van der Waals surface area contributed by atoms with E-state index in [-0.39, 0.29) is 18.8 Å². The molecule has 84 valence electrons. The maximum absolute atomic E-state index is 12.0. The van der Waals surface area contributed by atoms with Gasteiger partial charge in [-0.15, -0.1) is 0 Å². The Kier molecular flexibility index (Phi) is 5.69. The van der Waals surface area contributed by atoms with Gasteiger partial charge in [-0.1, -0.05) is 20.3 Å². The Bertz CT molecular complexity index is 187. The second kappa shape index (κ2) is 5.96. The minimum atomic E-state index is -1.25. The van der Waals surface area contributed by atoms with Gasteiger partial charge in [-0.25, -0.2) is 0 Å². The van der Waals surface area contributed by atoms with Crippen molar-refractivity contribution in [2.24, 2.45) is 11.7 Å². The van der Waals surface area contributed by atoms with Crippen LogP contribution in [0.2, 0.25) is 0 Å². The number of carboxylic acids is 1. The second-order valence-corrected chi connectivity index (χ2v) is 3.97. The minimum Gasteiger partial charge on any atom is -0.480 e. The van der Waals surface area contributed by atoms with E-state index in [2.05, 4.69) is 0 Å². The highest BCUT2D eigenvalue weighted by Crippen LogP contribution is 2.22. The Morgan fingerprint density at radius 3 is 2.57 bits per heavy atom. The number of nitrogens with two attached hydrogens (primary N) is 1. The van der Waals surface area contributed by atoms with Crippen LogP contribution < -0.4 is 5.73 Å². The van der Waals surface area contributed by atoms with Crippen LogP contribution in [0.5, 0.6) is 0 Å². The summed E-state index contributed by atoms with van der Waals surface area (Å²) in [6.45, 7) is 3.44. The van der Waals surface area contributed by atoms with E-state index >= 15 is 0 Å². The molecule has 0 bridgehead atoms. The molecule has 3 nitrogen and oxygen atoms in total. The molecular weight excluding hydrogens is 185 g/mol. The fraction of sp³-hybridized carbons (Fsp3) is 0.900. The van der Waals surface area contributed by atoms with E-state index in [0.29, 0.717) is 6.42 Å². The summed E-state index contributed by atoms with van der Waals surface area (Å²) in [4.78, 5) is 10.9. The molecular formula is C10H20FNO2. The maximum Gasteiger partial charge on any atom is 0.323 e. The van der Waals surface area contributed by atoms with Crippen molar-refractivity contribution in [3.63, 3.8) is 0 Å². The third kappa shape index (κ3) is 4.05. The number of halogens is 1. The SMILES string of the molecule is CC[C@H](C)C[C@@](N)(CCCF)C(=O)O. The Balaban J connectivity index is 4.31. The summed E-state index contributed by atoms with van der Waals surface area (Å²) in [6, 6.07) is 0. The largest absolute Gasteiger partial charge is 0.480 e. The summed E-state index contributed by atoms with van der Waals surface area (Å²) in [5, 5.41) is 8.96. The van der Waals surface area contributed by atoms with Crippen molar-refractivity contribution in [1.29, 1.82) is 0 Å². The minimum absolute atomic E-state index is 0.211. The molecule has 0 aliphatic rings. The molecule has 0 amide bonds. The van der Waals surface area contributed by atoms with Gasteiger partial charge in [0.2, 0.25) is 0 Å². The van der Waals surface area contributed by atoms with Crippen molar-refractivity contribution in [2.45, 2.75) is 45.1 Å². The van der Waals surface area contributed by atoms with Crippen LogP contribution in [0.3, 0.4) is 0 Å². The van der Waals surface area contributed by atoms with Crippen LogP contribution in [-0.4, -0.2) is 23.3 Å². The molecule has 0 aliphatic heterocycles. The average Bonchev–Trinajstić information content (AvgIpc) is 2.14. The average molecular weight is 205 g/mol. The zero-order valence-electron chi connectivity index (χ0n) is 8.92. The third-order valence-corrected chi connectivity index (χ3v) is 2.59. The van der Waals surface area contributed by atoms with Gasteiger partial charge in [-0.3, -0.25) is 9.18 Å². The fourth-order valence-electron chi connectivity index (χ4n) is 1.44. The number of hydrogen-bond acceptors (Lipinski definition) is 2. The first-order valence-corrected chi connectivity index (χ1v) is 5.04. The van der Waals surface area contributed by atoms with Gasteiger partial charge < -0.3 is 10.8 Å². The van der Waals surface area contributed by atoms with Gasteiger partial charge in [0.25, 0.3) is 0 Å². The van der Waals surface area contributed by atoms with Crippen LogP contribution >= 0.6 is 0 Å². The summed E-state index contributed by atoms with van der Waals surface area (Å²) in [5.74, 6) is -0.762. The van der Waals surface area contributed by atoms with Crippen LogP contribution in [0.15, 0.2) is 0 Å². The van der Waals surface area contributed by atoms with E-state index in [0.717, 1.165) is 6.42 Å². The van der Waals surface area contributed by atoms with Crippen LogP contribution in [0.1, 0.15) is 39.5 Å². The normalized spacial score (nSPS) is 17.4. The Morgan fingerprint density at radius 2 is 2.21 bits per heavy atom. The van der Waals surface area contributed by atoms with Gasteiger partial charge in [0, 0.05) is 0 Å². The highest BCUT2D eigenvalue weighted by molar-refractivity contribution is 5.78. The summed E-state index contributed by atoms with van der Waals surface area (Å²) in [5.41, 5.74) is 4.49. The van der Waals surface area contributed by atoms with E-state index in [4.69, 9.17) is 10.8 Å². The van der Waals surface area contributed by atoms with Crippen LogP contribution in [0, 0.1) is 5.92 Å². The predicted molar refractivity (Wildman–Crippen MR) is 53.8 cm³/mol. The molecule has 0 aromatic rings. The number of carbonyl (C=O) groups is 1. The molecule has 0 heterocycles. The van der Waals surface area contributed by atoms with Crippen molar-refractivity contribution < 1.29 is 14.3 Å². The molecule has 0 radical (unpaired) electrons. The van der Waals surface area contributed by atoms with E-state index in [1.807, 2.05) is 13.8 Å². The van der Waals surface area contributed by atoms with E-state index in [1.165, 1.54) is 0 Å². The molecule has 0 aliphatic carbocycles. The van der Waals surface area contributed by atoms with Gasteiger partial charge in [-0.05, 0) is 25.2 Å². The van der Waals surface area contributed by atoms with Crippen molar-refractivity contribution >= 4 is 5.97 Å². The monoisotopic (exact) mass is 205 g/mol. The predicted octanol–water partition coefficient (Wildman–Crippen LogP) is 1.95. The molecule has 0 saturated carbocycles. The summed E-state index contributed by atoms with van der Waals surface area (Å²) in [6.07, 6.45) is 1.74. The van der Waals surface area contributed by atoms with E-state index < -0.39 is 18.2 Å². The molecule has 3 N–H and O–H groups in total. The van der Waals surface area contributed by atoms with Crippen LogP contribution in [-0.2, 0) is 4.79 Å². The molecule has 0 rings (SSSR count). The van der Waals surface area contributed by atoms with Crippen LogP contribution in [0.25, 0.3) is 0 Å². The molecule has 4 heteroatoms. The Hall–Kier alpha value is -0.640. The van der Waals surface area contributed by atoms with Gasteiger partial charge >= 0.3 is 5.97 Å². The standard InChI is InChI=1S/C10H20FNO2/c1-3-8(2)7-10(12,9(13)14)5-4-6-11/h8H,3-7,12H2,1-2H3,(H,13,14)/t8-,10-/m0/s1. The number of hydrogen-bond donors (Lipinski definition) is 2.